The lowest BCUT2D eigenvalue weighted by Crippen LogP contribution is -2.47. The van der Waals surface area contributed by atoms with E-state index < -0.39 is 11.0 Å². The van der Waals surface area contributed by atoms with Crippen molar-refractivity contribution in [3.8, 4) is 6.07 Å². The van der Waals surface area contributed by atoms with Crippen molar-refractivity contribution in [2.75, 3.05) is 0 Å². The monoisotopic (exact) mass is 271 g/mol. The summed E-state index contributed by atoms with van der Waals surface area (Å²) in [6.45, 7) is 4.18. The summed E-state index contributed by atoms with van der Waals surface area (Å²) in [6, 6.07) is 12.6. The predicted molar refractivity (Wildman–Crippen MR) is 81.1 cm³/mol. The van der Waals surface area contributed by atoms with Crippen LogP contribution in [-0.4, -0.2) is 10.7 Å². The summed E-state index contributed by atoms with van der Waals surface area (Å²) in [5.74, 6) is 0.587. The van der Waals surface area contributed by atoms with Gasteiger partial charge in [0.05, 0.1) is 17.1 Å². The molecule has 1 aromatic rings. The molecule has 0 aliphatic heterocycles. The van der Waals surface area contributed by atoms with Gasteiger partial charge in [0.25, 0.3) is 0 Å². The quantitative estimate of drug-likeness (QED) is 0.876. The maximum absolute atomic E-state index is 11.2. The molecule has 0 heterocycles. The van der Waals surface area contributed by atoms with Crippen molar-refractivity contribution < 1.29 is 5.11 Å². The minimum absolute atomic E-state index is 0.571. The zero-order valence-electron chi connectivity index (χ0n) is 12.6. The number of aliphatic hydroxyl groups is 1. The second-order valence-electron chi connectivity index (χ2n) is 6.26. The van der Waals surface area contributed by atoms with Gasteiger partial charge >= 0.3 is 0 Å². The van der Waals surface area contributed by atoms with Gasteiger partial charge < -0.3 is 5.11 Å². The van der Waals surface area contributed by atoms with Crippen LogP contribution in [0.15, 0.2) is 30.3 Å². The molecule has 1 N–H and O–H groups in total. The summed E-state index contributed by atoms with van der Waals surface area (Å²) < 4.78 is 0. The molecule has 3 unspecified atom stereocenters. The van der Waals surface area contributed by atoms with E-state index in [0.717, 1.165) is 31.2 Å². The minimum atomic E-state index is -0.910. The average molecular weight is 271 g/mol. The van der Waals surface area contributed by atoms with Gasteiger partial charge in [0.2, 0.25) is 0 Å². The molecular weight excluding hydrogens is 246 g/mol. The summed E-state index contributed by atoms with van der Waals surface area (Å²) in [5, 5.41) is 21.0. The fourth-order valence-electron chi connectivity index (χ4n) is 3.69. The fraction of sp³-hybridized carbons (Fsp3) is 0.611. The number of benzene rings is 1. The Kier molecular flexibility index (Phi) is 4.50. The van der Waals surface area contributed by atoms with Gasteiger partial charge in [0, 0.05) is 6.42 Å². The normalized spacial score (nSPS) is 28.8. The molecule has 0 spiro atoms. The Balaban J connectivity index is 2.27. The number of rotatable bonds is 5. The number of nitrogens with zero attached hydrogens (tertiary/aromatic N) is 1. The third-order valence-electron chi connectivity index (χ3n) is 5.22. The zero-order valence-corrected chi connectivity index (χ0v) is 12.6. The van der Waals surface area contributed by atoms with Gasteiger partial charge in [0.15, 0.2) is 0 Å². The molecule has 2 heteroatoms. The van der Waals surface area contributed by atoms with E-state index in [0.29, 0.717) is 18.8 Å². The highest BCUT2D eigenvalue weighted by Gasteiger charge is 2.53. The van der Waals surface area contributed by atoms with Crippen LogP contribution in [0.4, 0.5) is 0 Å². The lowest BCUT2D eigenvalue weighted by Gasteiger charge is -2.40. The largest absolute Gasteiger partial charge is 0.388 e. The smallest absolute Gasteiger partial charge is 0.0870 e. The molecule has 1 saturated carbocycles. The SMILES string of the molecule is CCC1CCC(C#N)(C(O)(CC)Cc2ccccc2)C1. The lowest BCUT2D eigenvalue weighted by molar-refractivity contribution is -0.0575. The Bertz CT molecular complexity index is 478. The summed E-state index contributed by atoms with van der Waals surface area (Å²) in [5.41, 5.74) is -0.364. The third kappa shape index (κ3) is 2.60. The first-order valence-corrected chi connectivity index (χ1v) is 7.76. The van der Waals surface area contributed by atoms with Gasteiger partial charge in [-0.1, -0.05) is 50.6 Å². The van der Waals surface area contributed by atoms with Crippen molar-refractivity contribution in [1.29, 1.82) is 5.26 Å². The first kappa shape index (κ1) is 15.1. The molecule has 2 rings (SSSR count). The molecule has 0 aromatic heterocycles. The minimum Gasteiger partial charge on any atom is -0.388 e. The molecule has 0 bridgehead atoms. The van der Waals surface area contributed by atoms with Crippen molar-refractivity contribution >= 4 is 0 Å². The van der Waals surface area contributed by atoms with Gasteiger partial charge in [-0.2, -0.15) is 5.26 Å². The molecule has 20 heavy (non-hydrogen) atoms. The molecule has 2 nitrogen and oxygen atoms in total. The Morgan fingerprint density at radius 3 is 2.55 bits per heavy atom. The Morgan fingerprint density at radius 2 is 2.05 bits per heavy atom. The molecule has 108 valence electrons. The molecule has 1 fully saturated rings. The zero-order chi connectivity index (χ0) is 14.6. The van der Waals surface area contributed by atoms with E-state index in [1.807, 2.05) is 37.3 Å². The molecular formula is C18H25NO. The van der Waals surface area contributed by atoms with E-state index in [4.69, 9.17) is 0 Å². The fourth-order valence-corrected chi connectivity index (χ4v) is 3.69. The van der Waals surface area contributed by atoms with Crippen LogP contribution < -0.4 is 0 Å². The van der Waals surface area contributed by atoms with Crippen LogP contribution in [0.2, 0.25) is 0 Å². The number of hydrogen-bond donors (Lipinski definition) is 1. The van der Waals surface area contributed by atoms with E-state index in [-0.39, 0.29) is 0 Å². The molecule has 1 aliphatic rings. The van der Waals surface area contributed by atoms with Crippen LogP contribution in [0, 0.1) is 22.7 Å². The van der Waals surface area contributed by atoms with Gasteiger partial charge in [-0.3, -0.25) is 0 Å². The van der Waals surface area contributed by atoms with Gasteiger partial charge in [-0.15, -0.1) is 0 Å². The first-order valence-electron chi connectivity index (χ1n) is 7.76. The van der Waals surface area contributed by atoms with Crippen molar-refractivity contribution in [1.82, 2.24) is 0 Å². The second kappa shape index (κ2) is 5.97. The number of hydrogen-bond acceptors (Lipinski definition) is 2. The van der Waals surface area contributed by atoms with Gasteiger partial charge in [-0.05, 0) is 37.2 Å². The predicted octanol–water partition coefficient (Wildman–Crippen LogP) is 4.09. The molecule has 0 radical (unpaired) electrons. The maximum Gasteiger partial charge on any atom is 0.0870 e. The molecule has 3 atom stereocenters. The molecule has 1 aliphatic carbocycles. The van der Waals surface area contributed by atoms with Crippen molar-refractivity contribution in [3.63, 3.8) is 0 Å². The van der Waals surface area contributed by atoms with Crippen molar-refractivity contribution in [2.45, 2.75) is 58.0 Å². The van der Waals surface area contributed by atoms with E-state index >= 15 is 0 Å². The Hall–Kier alpha value is -1.33. The van der Waals surface area contributed by atoms with E-state index in [9.17, 15) is 10.4 Å². The van der Waals surface area contributed by atoms with Crippen LogP contribution in [0.25, 0.3) is 0 Å². The Labute approximate surface area is 122 Å². The van der Waals surface area contributed by atoms with Crippen LogP contribution in [0.5, 0.6) is 0 Å². The summed E-state index contributed by atoms with van der Waals surface area (Å²) in [6.07, 6.45) is 5.06. The molecule has 0 saturated heterocycles. The van der Waals surface area contributed by atoms with Crippen LogP contribution in [0.1, 0.15) is 51.5 Å². The summed E-state index contributed by atoms with van der Waals surface area (Å²) in [7, 11) is 0. The van der Waals surface area contributed by atoms with Gasteiger partial charge in [-0.25, -0.2) is 0 Å². The van der Waals surface area contributed by atoms with Crippen LogP contribution >= 0.6 is 0 Å². The van der Waals surface area contributed by atoms with Crippen molar-refractivity contribution in [3.05, 3.63) is 35.9 Å². The molecule has 1 aromatic carbocycles. The Morgan fingerprint density at radius 1 is 1.35 bits per heavy atom. The summed E-state index contributed by atoms with van der Waals surface area (Å²) >= 11 is 0. The summed E-state index contributed by atoms with van der Waals surface area (Å²) in [4.78, 5) is 0. The molecule has 0 amide bonds. The highest BCUT2D eigenvalue weighted by Crippen LogP contribution is 2.51. The first-order chi connectivity index (χ1) is 9.59. The third-order valence-corrected chi connectivity index (χ3v) is 5.22. The number of nitriles is 1. The second-order valence-corrected chi connectivity index (χ2v) is 6.26. The average Bonchev–Trinajstić information content (AvgIpc) is 2.93. The lowest BCUT2D eigenvalue weighted by atomic mass is 9.67. The van der Waals surface area contributed by atoms with Crippen molar-refractivity contribution in [2.24, 2.45) is 11.3 Å². The highest BCUT2D eigenvalue weighted by molar-refractivity contribution is 5.22. The van der Waals surface area contributed by atoms with E-state index in [1.165, 1.54) is 0 Å². The van der Waals surface area contributed by atoms with Crippen LogP contribution in [0.3, 0.4) is 0 Å². The maximum atomic E-state index is 11.2. The van der Waals surface area contributed by atoms with E-state index in [2.05, 4.69) is 13.0 Å². The van der Waals surface area contributed by atoms with Crippen LogP contribution in [-0.2, 0) is 6.42 Å². The topological polar surface area (TPSA) is 44.0 Å². The van der Waals surface area contributed by atoms with E-state index in [1.54, 1.807) is 0 Å². The van der Waals surface area contributed by atoms with Gasteiger partial charge in [0.1, 0.15) is 0 Å². The standard InChI is InChI=1S/C18H25NO/c1-3-15-10-11-17(12-15,14-19)18(20,4-2)13-16-8-6-5-7-9-16/h5-9,15,20H,3-4,10-13H2,1-2H3. The highest BCUT2D eigenvalue weighted by atomic mass is 16.3.